The van der Waals surface area contributed by atoms with Crippen molar-refractivity contribution in [2.24, 2.45) is 17.1 Å². The molecule has 1 unspecified atom stereocenters. The van der Waals surface area contributed by atoms with Crippen LogP contribution >= 0.6 is 0 Å². The molecule has 2 heteroatoms. The molecule has 108 valence electrons. The predicted molar refractivity (Wildman–Crippen MR) is 80.7 cm³/mol. The van der Waals surface area contributed by atoms with E-state index in [9.17, 15) is 0 Å². The van der Waals surface area contributed by atoms with Crippen molar-refractivity contribution in [3.05, 3.63) is 0 Å². The second kappa shape index (κ2) is 8.16. The zero-order valence-corrected chi connectivity index (χ0v) is 12.8. The molecule has 0 aromatic heterocycles. The number of nitrogens with one attached hydrogen (secondary N) is 1. The molecular formula is C16H34N2. The van der Waals surface area contributed by atoms with Gasteiger partial charge in [-0.2, -0.15) is 0 Å². The van der Waals surface area contributed by atoms with Gasteiger partial charge in [-0.25, -0.2) is 0 Å². The van der Waals surface area contributed by atoms with E-state index >= 15 is 0 Å². The zero-order valence-electron chi connectivity index (χ0n) is 12.8. The van der Waals surface area contributed by atoms with E-state index in [0.717, 1.165) is 19.0 Å². The molecule has 1 aliphatic rings. The van der Waals surface area contributed by atoms with E-state index in [1.807, 2.05) is 0 Å². The Morgan fingerprint density at radius 3 is 2.50 bits per heavy atom. The lowest BCUT2D eigenvalue weighted by molar-refractivity contribution is 0.154. The highest BCUT2D eigenvalue weighted by molar-refractivity contribution is 4.88. The molecule has 0 heterocycles. The van der Waals surface area contributed by atoms with E-state index in [1.165, 1.54) is 51.4 Å². The summed E-state index contributed by atoms with van der Waals surface area (Å²) >= 11 is 0. The molecule has 1 fully saturated rings. The van der Waals surface area contributed by atoms with Crippen molar-refractivity contribution in [3.63, 3.8) is 0 Å². The third-order valence-corrected chi connectivity index (χ3v) is 4.83. The summed E-state index contributed by atoms with van der Waals surface area (Å²) in [4.78, 5) is 0. The quantitative estimate of drug-likeness (QED) is 0.648. The smallest absolute Gasteiger partial charge is 0.00389 e. The lowest BCUT2D eigenvalue weighted by Gasteiger charge is -2.39. The van der Waals surface area contributed by atoms with Crippen LogP contribution in [0.3, 0.4) is 0 Å². The van der Waals surface area contributed by atoms with Crippen LogP contribution < -0.4 is 11.1 Å². The topological polar surface area (TPSA) is 38.0 Å². The number of rotatable bonds is 8. The van der Waals surface area contributed by atoms with E-state index in [-0.39, 0.29) is 0 Å². The van der Waals surface area contributed by atoms with Gasteiger partial charge >= 0.3 is 0 Å². The fourth-order valence-electron chi connectivity index (χ4n) is 3.02. The molecule has 1 saturated carbocycles. The molecule has 3 N–H and O–H groups in total. The van der Waals surface area contributed by atoms with Gasteiger partial charge in [-0.1, -0.05) is 46.0 Å². The maximum absolute atomic E-state index is 6.05. The van der Waals surface area contributed by atoms with Crippen LogP contribution in [0.15, 0.2) is 0 Å². The summed E-state index contributed by atoms with van der Waals surface area (Å²) in [6.07, 6.45) is 10.7. The van der Waals surface area contributed by atoms with E-state index in [1.54, 1.807) is 0 Å². The SMILES string of the molecule is CCCCCC(C)NCC1(CN)CCC(C)CC1. The van der Waals surface area contributed by atoms with Crippen molar-refractivity contribution >= 4 is 0 Å². The minimum Gasteiger partial charge on any atom is -0.330 e. The molecule has 0 aromatic rings. The van der Waals surface area contributed by atoms with E-state index in [2.05, 4.69) is 26.1 Å². The zero-order chi connectivity index (χ0) is 13.4. The molecule has 0 aliphatic heterocycles. The Labute approximate surface area is 114 Å². The predicted octanol–water partition coefficient (Wildman–Crippen LogP) is 3.70. The van der Waals surface area contributed by atoms with Crippen molar-refractivity contribution < 1.29 is 0 Å². The molecule has 0 spiro atoms. The van der Waals surface area contributed by atoms with E-state index in [0.29, 0.717) is 11.5 Å². The van der Waals surface area contributed by atoms with Crippen LogP contribution in [0.5, 0.6) is 0 Å². The van der Waals surface area contributed by atoms with Crippen molar-refractivity contribution in [2.75, 3.05) is 13.1 Å². The highest BCUT2D eigenvalue weighted by Gasteiger charge is 2.32. The highest BCUT2D eigenvalue weighted by Crippen LogP contribution is 2.37. The average Bonchev–Trinajstić information content (AvgIpc) is 2.39. The Balaban J connectivity index is 2.26. The normalized spacial score (nSPS) is 30.3. The summed E-state index contributed by atoms with van der Waals surface area (Å²) in [5.41, 5.74) is 6.45. The van der Waals surface area contributed by atoms with Crippen LogP contribution in [0.2, 0.25) is 0 Å². The molecule has 0 bridgehead atoms. The fraction of sp³-hybridized carbons (Fsp3) is 1.00. The Hall–Kier alpha value is -0.0800. The van der Waals surface area contributed by atoms with Gasteiger partial charge in [0.05, 0.1) is 0 Å². The van der Waals surface area contributed by atoms with Gasteiger partial charge in [0.25, 0.3) is 0 Å². The first kappa shape index (κ1) is 16.0. The van der Waals surface area contributed by atoms with Crippen molar-refractivity contribution in [3.8, 4) is 0 Å². The number of nitrogens with two attached hydrogens (primary N) is 1. The monoisotopic (exact) mass is 254 g/mol. The summed E-state index contributed by atoms with van der Waals surface area (Å²) in [6, 6.07) is 0.652. The van der Waals surface area contributed by atoms with Gasteiger partial charge in [-0.3, -0.25) is 0 Å². The Morgan fingerprint density at radius 2 is 1.94 bits per heavy atom. The molecule has 1 rings (SSSR count). The fourth-order valence-corrected chi connectivity index (χ4v) is 3.02. The molecule has 0 aromatic carbocycles. The lowest BCUT2D eigenvalue weighted by Crippen LogP contribution is -2.45. The molecule has 0 amide bonds. The molecular weight excluding hydrogens is 220 g/mol. The average molecular weight is 254 g/mol. The van der Waals surface area contributed by atoms with Crippen molar-refractivity contribution in [1.29, 1.82) is 0 Å². The number of unbranched alkanes of at least 4 members (excludes halogenated alkanes) is 2. The van der Waals surface area contributed by atoms with Gasteiger partial charge in [-0.05, 0) is 44.1 Å². The van der Waals surface area contributed by atoms with Crippen LogP contribution in [0.4, 0.5) is 0 Å². The van der Waals surface area contributed by atoms with Crippen LogP contribution in [-0.2, 0) is 0 Å². The maximum Gasteiger partial charge on any atom is 0.00389 e. The van der Waals surface area contributed by atoms with Gasteiger partial charge in [0.15, 0.2) is 0 Å². The Kier molecular flexibility index (Phi) is 7.25. The van der Waals surface area contributed by atoms with Crippen molar-refractivity contribution in [1.82, 2.24) is 5.32 Å². The Morgan fingerprint density at radius 1 is 1.28 bits per heavy atom. The van der Waals surface area contributed by atoms with Gasteiger partial charge in [0, 0.05) is 12.6 Å². The number of hydrogen-bond acceptors (Lipinski definition) is 2. The molecule has 1 aliphatic carbocycles. The lowest BCUT2D eigenvalue weighted by atomic mass is 9.70. The molecule has 1 atom stereocenters. The molecule has 0 saturated heterocycles. The largest absolute Gasteiger partial charge is 0.330 e. The Bertz CT molecular complexity index is 207. The van der Waals surface area contributed by atoms with Gasteiger partial charge in [0.1, 0.15) is 0 Å². The molecule has 0 radical (unpaired) electrons. The second-order valence-corrected chi connectivity index (χ2v) is 6.66. The van der Waals surface area contributed by atoms with Gasteiger partial charge < -0.3 is 11.1 Å². The van der Waals surface area contributed by atoms with Gasteiger partial charge in [0.2, 0.25) is 0 Å². The second-order valence-electron chi connectivity index (χ2n) is 6.66. The van der Waals surface area contributed by atoms with E-state index < -0.39 is 0 Å². The van der Waals surface area contributed by atoms with Crippen LogP contribution in [0.1, 0.15) is 72.1 Å². The molecule has 18 heavy (non-hydrogen) atoms. The van der Waals surface area contributed by atoms with E-state index in [4.69, 9.17) is 5.73 Å². The van der Waals surface area contributed by atoms with Crippen LogP contribution in [0.25, 0.3) is 0 Å². The first-order valence-corrected chi connectivity index (χ1v) is 8.05. The summed E-state index contributed by atoms with van der Waals surface area (Å²) < 4.78 is 0. The van der Waals surface area contributed by atoms with Crippen LogP contribution in [-0.4, -0.2) is 19.1 Å². The summed E-state index contributed by atoms with van der Waals surface area (Å²) in [5, 5.41) is 3.74. The number of hydrogen-bond donors (Lipinski definition) is 2. The maximum atomic E-state index is 6.05. The minimum absolute atomic E-state index is 0.394. The third-order valence-electron chi connectivity index (χ3n) is 4.83. The first-order valence-electron chi connectivity index (χ1n) is 8.05. The van der Waals surface area contributed by atoms with Crippen molar-refractivity contribution in [2.45, 2.75) is 78.2 Å². The highest BCUT2D eigenvalue weighted by atomic mass is 14.9. The summed E-state index contributed by atoms with van der Waals surface area (Å²) in [5.74, 6) is 0.909. The van der Waals surface area contributed by atoms with Gasteiger partial charge in [-0.15, -0.1) is 0 Å². The standard InChI is InChI=1S/C16H34N2/c1-4-5-6-7-15(3)18-13-16(12-17)10-8-14(2)9-11-16/h14-15,18H,4-13,17H2,1-3H3. The first-order chi connectivity index (χ1) is 8.62. The summed E-state index contributed by atoms with van der Waals surface area (Å²) in [7, 11) is 0. The minimum atomic E-state index is 0.394. The third kappa shape index (κ3) is 5.27. The summed E-state index contributed by atoms with van der Waals surface area (Å²) in [6.45, 7) is 8.95. The molecule has 2 nitrogen and oxygen atoms in total. The van der Waals surface area contributed by atoms with Crippen LogP contribution in [0, 0.1) is 11.3 Å².